The number of carbonyl (C=O) groups is 2. The molecule has 4 rings (SSSR count). The van der Waals surface area contributed by atoms with Gasteiger partial charge in [0.25, 0.3) is 11.8 Å². The molecule has 35 heavy (non-hydrogen) atoms. The predicted molar refractivity (Wildman–Crippen MR) is 143 cm³/mol. The smallest absolute Gasteiger partial charge is 0.255 e. The third kappa shape index (κ3) is 6.66. The van der Waals surface area contributed by atoms with Crippen LogP contribution >= 0.6 is 15.9 Å². The average Bonchev–Trinajstić information content (AvgIpc) is 2.89. The maximum atomic E-state index is 13.3. The molecule has 0 aliphatic rings. The van der Waals surface area contributed by atoms with E-state index in [-0.39, 0.29) is 11.8 Å². The van der Waals surface area contributed by atoms with Gasteiger partial charge in [0, 0.05) is 40.9 Å². The molecule has 176 valence electrons. The van der Waals surface area contributed by atoms with Crippen molar-refractivity contribution < 1.29 is 9.59 Å². The van der Waals surface area contributed by atoms with Crippen LogP contribution in [0.3, 0.4) is 0 Å². The zero-order valence-electron chi connectivity index (χ0n) is 19.2. The predicted octanol–water partition coefficient (Wildman–Crippen LogP) is 6.00. The summed E-state index contributed by atoms with van der Waals surface area (Å²) < 4.78 is 0.848. The lowest BCUT2D eigenvalue weighted by atomic mass is 10.1. The monoisotopic (exact) mass is 527 g/mol. The lowest BCUT2D eigenvalue weighted by Crippen LogP contribution is -2.30. The van der Waals surface area contributed by atoms with Gasteiger partial charge in [0.15, 0.2) is 0 Å². The molecule has 5 nitrogen and oxygen atoms in total. The highest BCUT2D eigenvalue weighted by Crippen LogP contribution is 2.18. The van der Waals surface area contributed by atoms with Gasteiger partial charge in [0.05, 0.1) is 0 Å². The standard InChI is InChI=1S/C29H26BrN3O2/c30-26-11-5-10-25(17-26)28(34)32-27-14-12-21(13-15-27)19-33(29(35)24-8-2-1-3-9-24)20-23-7-4-6-22(16-23)18-31/h1-17H,18-20,31H2,(H,32,34). The van der Waals surface area contributed by atoms with Crippen LogP contribution in [-0.2, 0) is 19.6 Å². The third-order valence-corrected chi connectivity index (χ3v) is 6.07. The van der Waals surface area contributed by atoms with E-state index in [0.717, 1.165) is 21.2 Å². The number of anilines is 1. The molecule has 0 aliphatic carbocycles. The summed E-state index contributed by atoms with van der Waals surface area (Å²) in [5, 5.41) is 2.91. The minimum absolute atomic E-state index is 0.0456. The highest BCUT2D eigenvalue weighted by Gasteiger charge is 2.17. The number of carbonyl (C=O) groups excluding carboxylic acids is 2. The minimum atomic E-state index is -0.181. The lowest BCUT2D eigenvalue weighted by molar-refractivity contribution is 0.0730. The van der Waals surface area contributed by atoms with Crippen LogP contribution < -0.4 is 11.1 Å². The number of hydrogen-bond acceptors (Lipinski definition) is 3. The minimum Gasteiger partial charge on any atom is -0.330 e. The van der Waals surface area contributed by atoms with Crippen LogP contribution in [0.15, 0.2) is 108 Å². The Hall–Kier alpha value is -3.74. The van der Waals surface area contributed by atoms with Gasteiger partial charge in [0.1, 0.15) is 0 Å². The number of hydrogen-bond donors (Lipinski definition) is 2. The Kier molecular flexibility index (Phi) is 8.08. The van der Waals surface area contributed by atoms with E-state index in [1.807, 2.05) is 95.9 Å². The van der Waals surface area contributed by atoms with E-state index in [1.54, 1.807) is 12.1 Å². The Morgan fingerprint density at radius 1 is 0.714 bits per heavy atom. The van der Waals surface area contributed by atoms with Gasteiger partial charge >= 0.3 is 0 Å². The van der Waals surface area contributed by atoms with Crippen LogP contribution in [0.4, 0.5) is 5.69 Å². The molecule has 2 amide bonds. The number of nitrogens with two attached hydrogens (primary N) is 1. The molecule has 0 fully saturated rings. The number of nitrogens with zero attached hydrogens (tertiary/aromatic N) is 1. The number of amides is 2. The molecule has 0 bridgehead atoms. The third-order valence-electron chi connectivity index (χ3n) is 5.58. The Labute approximate surface area is 213 Å². The highest BCUT2D eigenvalue weighted by molar-refractivity contribution is 9.10. The van der Waals surface area contributed by atoms with Crippen molar-refractivity contribution in [3.05, 3.63) is 135 Å². The van der Waals surface area contributed by atoms with Crippen LogP contribution in [0.25, 0.3) is 0 Å². The highest BCUT2D eigenvalue weighted by atomic mass is 79.9. The van der Waals surface area contributed by atoms with Crippen molar-refractivity contribution in [2.24, 2.45) is 5.73 Å². The second kappa shape index (κ2) is 11.6. The van der Waals surface area contributed by atoms with E-state index in [4.69, 9.17) is 5.73 Å². The van der Waals surface area contributed by atoms with Crippen LogP contribution in [0, 0.1) is 0 Å². The summed E-state index contributed by atoms with van der Waals surface area (Å²) in [6, 6.07) is 32.1. The second-order valence-electron chi connectivity index (χ2n) is 8.21. The lowest BCUT2D eigenvalue weighted by Gasteiger charge is -2.24. The summed E-state index contributed by atoms with van der Waals surface area (Å²) in [5.41, 5.74) is 10.7. The molecular weight excluding hydrogens is 502 g/mol. The Bertz CT molecular complexity index is 1310. The Morgan fingerprint density at radius 3 is 2.09 bits per heavy atom. The quantitative estimate of drug-likeness (QED) is 0.295. The van der Waals surface area contributed by atoms with E-state index in [1.165, 1.54) is 0 Å². The zero-order chi connectivity index (χ0) is 24.6. The summed E-state index contributed by atoms with van der Waals surface area (Å²) in [6.45, 7) is 1.34. The van der Waals surface area contributed by atoms with Gasteiger partial charge in [-0.1, -0.05) is 76.6 Å². The first-order valence-corrected chi connectivity index (χ1v) is 12.1. The van der Waals surface area contributed by atoms with Crippen LogP contribution in [0.1, 0.15) is 37.4 Å². The molecule has 0 aromatic heterocycles. The molecule has 0 atom stereocenters. The summed E-state index contributed by atoms with van der Waals surface area (Å²) in [6.07, 6.45) is 0. The topological polar surface area (TPSA) is 75.4 Å². The van der Waals surface area contributed by atoms with Crippen LogP contribution in [-0.4, -0.2) is 16.7 Å². The van der Waals surface area contributed by atoms with Gasteiger partial charge in [0.2, 0.25) is 0 Å². The molecule has 0 unspecified atom stereocenters. The van der Waals surface area contributed by atoms with Crippen molar-refractivity contribution in [1.29, 1.82) is 0 Å². The molecule has 6 heteroatoms. The van der Waals surface area contributed by atoms with Gasteiger partial charge in [-0.3, -0.25) is 9.59 Å². The van der Waals surface area contributed by atoms with E-state index < -0.39 is 0 Å². The summed E-state index contributed by atoms with van der Waals surface area (Å²) >= 11 is 3.39. The van der Waals surface area contributed by atoms with Gasteiger partial charge in [-0.25, -0.2) is 0 Å². The van der Waals surface area contributed by atoms with E-state index >= 15 is 0 Å². The summed E-state index contributed by atoms with van der Waals surface area (Å²) in [5.74, 6) is -0.226. The Morgan fingerprint density at radius 2 is 1.37 bits per heavy atom. The first-order valence-electron chi connectivity index (χ1n) is 11.3. The van der Waals surface area contributed by atoms with Crippen molar-refractivity contribution in [3.63, 3.8) is 0 Å². The van der Waals surface area contributed by atoms with Crippen LogP contribution in [0.2, 0.25) is 0 Å². The largest absolute Gasteiger partial charge is 0.330 e. The van der Waals surface area contributed by atoms with E-state index in [9.17, 15) is 9.59 Å². The number of benzene rings is 4. The van der Waals surface area contributed by atoms with Crippen molar-refractivity contribution in [2.45, 2.75) is 19.6 Å². The maximum absolute atomic E-state index is 13.3. The second-order valence-corrected chi connectivity index (χ2v) is 9.13. The zero-order valence-corrected chi connectivity index (χ0v) is 20.7. The molecule has 0 saturated carbocycles. The van der Waals surface area contributed by atoms with Gasteiger partial charge in [-0.05, 0) is 59.2 Å². The summed E-state index contributed by atoms with van der Waals surface area (Å²) in [7, 11) is 0. The molecule has 0 spiro atoms. The maximum Gasteiger partial charge on any atom is 0.255 e. The molecule has 0 radical (unpaired) electrons. The fourth-order valence-electron chi connectivity index (χ4n) is 3.79. The van der Waals surface area contributed by atoms with Crippen molar-refractivity contribution in [2.75, 3.05) is 5.32 Å². The molecular formula is C29H26BrN3O2. The number of nitrogens with one attached hydrogen (secondary N) is 1. The fraction of sp³-hybridized carbons (Fsp3) is 0.103. The summed E-state index contributed by atoms with van der Waals surface area (Å²) in [4.78, 5) is 27.7. The molecule has 3 N–H and O–H groups in total. The number of rotatable bonds is 8. The van der Waals surface area contributed by atoms with Gasteiger partial charge in [-0.15, -0.1) is 0 Å². The SMILES string of the molecule is NCc1cccc(CN(Cc2ccc(NC(=O)c3cccc(Br)c3)cc2)C(=O)c2ccccc2)c1. The van der Waals surface area contributed by atoms with Crippen molar-refractivity contribution in [1.82, 2.24) is 4.90 Å². The fourth-order valence-corrected chi connectivity index (χ4v) is 4.18. The van der Waals surface area contributed by atoms with Gasteiger partial charge < -0.3 is 16.0 Å². The van der Waals surface area contributed by atoms with E-state index in [0.29, 0.717) is 36.4 Å². The first kappa shape index (κ1) is 24.4. The molecule has 0 heterocycles. The molecule has 0 saturated heterocycles. The normalized spacial score (nSPS) is 10.6. The van der Waals surface area contributed by atoms with Gasteiger partial charge in [-0.2, -0.15) is 0 Å². The molecule has 4 aromatic carbocycles. The first-order chi connectivity index (χ1) is 17.0. The Balaban J connectivity index is 1.50. The molecule has 4 aromatic rings. The van der Waals surface area contributed by atoms with Crippen molar-refractivity contribution in [3.8, 4) is 0 Å². The number of halogens is 1. The van der Waals surface area contributed by atoms with E-state index in [2.05, 4.69) is 21.2 Å². The average molecular weight is 528 g/mol. The van der Waals surface area contributed by atoms with Crippen LogP contribution in [0.5, 0.6) is 0 Å². The molecule has 0 aliphatic heterocycles. The van der Waals surface area contributed by atoms with Crippen molar-refractivity contribution >= 4 is 33.4 Å².